The number of rotatable bonds is 17. The molecule has 2 fully saturated rings. The van der Waals surface area contributed by atoms with Gasteiger partial charge in [0.25, 0.3) is 17.7 Å². The monoisotopic (exact) mass is 1770 g/mol. The van der Waals surface area contributed by atoms with Crippen molar-refractivity contribution in [1.82, 2.24) is 46.5 Å². The van der Waals surface area contributed by atoms with Gasteiger partial charge in [-0.25, -0.2) is 31.9 Å². The Kier molecular flexibility index (Phi) is 36.8. The number of alkyl carbamates (subject to hydrolysis) is 2. The molecule has 6 atom stereocenters. The number of nitrogens with one attached hydrogen (secondary N) is 9. The second-order valence-corrected chi connectivity index (χ2v) is 34.2. The largest absolute Gasteiger partial charge is 0.477 e. The summed E-state index contributed by atoms with van der Waals surface area (Å²) >= 11 is 0. The number of fused-ring (bicyclic) bond motifs is 4. The van der Waals surface area contributed by atoms with Crippen molar-refractivity contribution in [1.29, 1.82) is 0 Å². The molecule has 28 heteroatoms. The molecule has 0 bridgehead atoms. The zero-order chi connectivity index (χ0) is 91.5. The van der Waals surface area contributed by atoms with Gasteiger partial charge in [-0.05, 0) is 290 Å². The van der Waals surface area contributed by atoms with Gasteiger partial charge in [0.2, 0.25) is 0 Å². The smallest absolute Gasteiger partial charge is 0.411 e. The molecular weight excluding hydrogens is 1660 g/mol. The number of aromatic amines is 4. The summed E-state index contributed by atoms with van der Waals surface area (Å²) in [5, 5.41) is 41.3. The van der Waals surface area contributed by atoms with Crippen LogP contribution in [0.4, 0.5) is 27.2 Å². The van der Waals surface area contributed by atoms with E-state index in [2.05, 4.69) is 46.5 Å². The zero-order valence-corrected chi connectivity index (χ0v) is 74.4. The van der Waals surface area contributed by atoms with Gasteiger partial charge in [0.15, 0.2) is 0 Å². The number of carboxylic acid groups (broad SMARTS) is 1. The van der Waals surface area contributed by atoms with Crippen molar-refractivity contribution >= 4 is 91.9 Å². The summed E-state index contributed by atoms with van der Waals surface area (Å²) < 4.78 is 62.8. The lowest BCUT2D eigenvalue weighted by Crippen LogP contribution is -2.35. The molecule has 4 aromatic heterocycles. The van der Waals surface area contributed by atoms with Gasteiger partial charge >= 0.3 is 18.2 Å². The molecule has 4 aliphatic rings. The number of hydrogen-bond donors (Lipinski definition) is 15. The topological polar surface area (TPSA) is 383 Å². The third kappa shape index (κ3) is 30.2. The van der Waals surface area contributed by atoms with Gasteiger partial charge in [-0.15, -0.1) is 12.4 Å². The average molecular weight is 1780 g/mol. The number of H-pyrrole nitrogens is 4. The Bertz CT molecular complexity index is 5580. The van der Waals surface area contributed by atoms with Gasteiger partial charge in [-0.2, -0.15) is 0 Å². The Balaban J connectivity index is 0.000000182. The number of hydrogen-bond acceptors (Lipinski definition) is 13. The molecule has 16 rings (SSSR count). The highest BCUT2D eigenvalue weighted by Crippen LogP contribution is 2.33. The van der Waals surface area contributed by atoms with Gasteiger partial charge in [0.1, 0.15) is 57.2 Å². The summed E-state index contributed by atoms with van der Waals surface area (Å²) in [6.07, 6.45) is 17.6. The number of ether oxygens (including phenoxy) is 2. The highest BCUT2D eigenvalue weighted by molar-refractivity contribution is 6.01. The van der Waals surface area contributed by atoms with Crippen molar-refractivity contribution in [3.63, 3.8) is 0 Å². The van der Waals surface area contributed by atoms with E-state index in [1.165, 1.54) is 48.5 Å². The number of aromatic carboxylic acids is 1. The van der Waals surface area contributed by atoms with E-state index in [1.807, 2.05) is 145 Å². The minimum Gasteiger partial charge on any atom is -0.477 e. The number of benzene rings is 8. The van der Waals surface area contributed by atoms with E-state index in [1.54, 1.807) is 54.6 Å². The van der Waals surface area contributed by atoms with Crippen molar-refractivity contribution in [2.24, 2.45) is 40.9 Å². The van der Waals surface area contributed by atoms with Crippen LogP contribution in [0.5, 0.6) is 0 Å². The second-order valence-electron chi connectivity index (χ2n) is 34.2. The van der Waals surface area contributed by atoms with Crippen molar-refractivity contribution in [3.8, 4) is 44.5 Å². The summed E-state index contributed by atoms with van der Waals surface area (Å²) in [6, 6.07) is 56.3. The third-order valence-electron chi connectivity index (χ3n) is 22.0. The van der Waals surface area contributed by atoms with Crippen LogP contribution in [0.2, 0.25) is 0 Å². The molecular formula is C100H119ClF4N12O11. The van der Waals surface area contributed by atoms with E-state index < -0.39 is 23.3 Å². The first-order valence-corrected chi connectivity index (χ1v) is 43.0. The number of aromatic nitrogens is 4. The molecule has 4 aliphatic carbocycles. The quantitative estimate of drug-likeness (QED) is 0.0377. The van der Waals surface area contributed by atoms with Crippen LogP contribution >= 0.6 is 12.4 Å². The molecule has 680 valence electrons. The molecule has 0 spiro atoms. The highest BCUT2D eigenvalue weighted by atomic mass is 35.5. The van der Waals surface area contributed by atoms with Crippen molar-refractivity contribution in [2.75, 3.05) is 40.4 Å². The summed E-state index contributed by atoms with van der Waals surface area (Å²) in [7, 11) is 2.00. The Morgan fingerprint density at radius 3 is 0.961 bits per heavy atom. The molecule has 18 N–H and O–H groups in total. The lowest BCUT2D eigenvalue weighted by atomic mass is 9.86. The SMILES string of the molecule is CC(C)(C)OC(=O)NC1=CC(CN)CCC1.CC(C)(C)OC(=O)NC1=CC(CNC(=O)c2cc3ccc(-c4ccc(F)cc4)cc3[nH]2)CCC1.CO.CO.Cl.NC1CCCC(CNC(=O)c2cc3ccc(-c4ccc(F)cc4)cc3[nH]2)C1.NC1CCCC(CNC(=O)c2cc3ccc(-c4ccc(F)cc4)cc3[nH]2)C1.O=C(O)c1cc2ccc(-c3ccc(F)cc3)cc2[nH]1. The predicted octanol–water partition coefficient (Wildman–Crippen LogP) is 19.8. The van der Waals surface area contributed by atoms with E-state index in [4.69, 9.17) is 42.0 Å². The van der Waals surface area contributed by atoms with Gasteiger partial charge in [0, 0.05) is 101 Å². The molecule has 12 aromatic rings. The molecule has 8 aromatic carbocycles. The molecule has 0 radical (unpaired) electrons. The Morgan fingerprint density at radius 1 is 0.383 bits per heavy atom. The second kappa shape index (κ2) is 47.4. The van der Waals surface area contributed by atoms with Crippen LogP contribution in [0.15, 0.2) is 218 Å². The summed E-state index contributed by atoms with van der Waals surface area (Å²) in [5.74, 6) is -0.950. The molecule has 5 amide bonds. The van der Waals surface area contributed by atoms with E-state index in [9.17, 15) is 46.3 Å². The maximum atomic E-state index is 13.2. The van der Waals surface area contributed by atoms with Gasteiger partial charge < -0.3 is 77.9 Å². The number of carbonyl (C=O) groups is 6. The standard InChI is InChI=1S/C27H30FN3O3.2C22H24FN3O.C15H10FNO2.C12H22N2O2.2CH4O.ClH/c1-27(2,3)34-26(33)30-22-6-4-5-17(13-22)16-29-25(32)24-15-20-8-7-19(14-23(20)31-24)18-9-11-21(28)12-10-18;2*23-18-8-6-15(7-9-18)16-4-5-17-12-21(26-20(17)11-16)22(27)25-13-14-2-1-3-19(24)10-14;16-12-5-3-9(4-6-12)10-1-2-11-8-14(15(18)19)17-13(11)7-10;1-12(2,3)16-11(15)14-10-6-4-5-9(7-10)8-13;2*1-2;/h7-15,17,31H,4-6,16H2,1-3H3,(H,29,32)(H,30,33);2*4-9,11-12,14,19,26H,1-3,10,13,24H2,(H,25,27);1-8,17H,(H,18,19);7,9H,4-6,8,13H2,1-3H3,(H,14,15);2*2H,1H3;1H. The van der Waals surface area contributed by atoms with Crippen molar-refractivity contribution in [3.05, 3.63) is 264 Å². The maximum absolute atomic E-state index is 13.2. The number of aliphatic hydroxyl groups is 2. The van der Waals surface area contributed by atoms with Crippen LogP contribution in [0.1, 0.15) is 173 Å². The predicted molar refractivity (Wildman–Crippen MR) is 501 cm³/mol. The number of carboxylic acids is 1. The fourth-order valence-corrected chi connectivity index (χ4v) is 15.7. The fourth-order valence-electron chi connectivity index (χ4n) is 15.7. The lowest BCUT2D eigenvalue weighted by molar-refractivity contribution is 0.0530. The maximum Gasteiger partial charge on any atom is 0.411 e. The first-order chi connectivity index (χ1) is 60.9. The van der Waals surface area contributed by atoms with Gasteiger partial charge in [0.05, 0.1) is 0 Å². The lowest BCUT2D eigenvalue weighted by Gasteiger charge is -2.26. The van der Waals surface area contributed by atoms with E-state index >= 15 is 0 Å². The van der Waals surface area contributed by atoms with Crippen molar-refractivity contribution < 1.29 is 71.1 Å². The van der Waals surface area contributed by atoms with Gasteiger partial charge in [-0.3, -0.25) is 25.0 Å². The van der Waals surface area contributed by atoms with Crippen LogP contribution in [0, 0.1) is 46.9 Å². The van der Waals surface area contributed by atoms with Crippen LogP contribution in [0.3, 0.4) is 0 Å². The van der Waals surface area contributed by atoms with Crippen LogP contribution in [-0.4, -0.2) is 135 Å². The molecule has 0 aliphatic heterocycles. The minimum absolute atomic E-state index is 0. The van der Waals surface area contributed by atoms with E-state index in [0.29, 0.717) is 61.0 Å². The highest BCUT2D eigenvalue weighted by Gasteiger charge is 2.26. The van der Waals surface area contributed by atoms with Crippen molar-refractivity contribution in [2.45, 2.75) is 155 Å². The Labute approximate surface area is 749 Å². The normalized spacial score (nSPS) is 17.0. The third-order valence-corrected chi connectivity index (χ3v) is 22.0. The Morgan fingerprint density at radius 2 is 0.664 bits per heavy atom. The zero-order valence-electron chi connectivity index (χ0n) is 73.6. The minimum atomic E-state index is -0.987. The van der Waals surface area contributed by atoms with Crippen LogP contribution in [-0.2, 0) is 9.47 Å². The summed E-state index contributed by atoms with van der Waals surface area (Å²) in [5.41, 5.74) is 31.0. The van der Waals surface area contributed by atoms with Crippen LogP contribution in [0.25, 0.3) is 88.1 Å². The molecule has 2 saturated carbocycles. The first kappa shape index (κ1) is 99.4. The molecule has 4 heterocycles. The number of allylic oxidation sites excluding steroid dienone is 2. The van der Waals surface area contributed by atoms with E-state index in [0.717, 1.165) is 204 Å². The summed E-state index contributed by atoms with van der Waals surface area (Å²) in [6.45, 7) is 13.5. The number of amides is 5. The number of carbonyl (C=O) groups excluding carboxylic acids is 5. The average Bonchev–Trinajstić information content (AvgIpc) is 1.64. The number of halogens is 5. The Hall–Kier alpha value is -12.4. The first-order valence-electron chi connectivity index (χ1n) is 43.0. The molecule has 128 heavy (non-hydrogen) atoms. The molecule has 23 nitrogen and oxygen atoms in total. The van der Waals surface area contributed by atoms with Crippen LogP contribution < -0.4 is 43.8 Å². The summed E-state index contributed by atoms with van der Waals surface area (Å²) in [4.78, 5) is 84.7. The molecule has 6 unspecified atom stereocenters. The molecule has 0 saturated heterocycles. The van der Waals surface area contributed by atoms with E-state index in [-0.39, 0.29) is 83.2 Å². The fraction of sp³-hybridized carbons (Fsp3) is 0.340. The number of aliphatic hydroxyl groups excluding tert-OH is 2. The number of nitrogens with two attached hydrogens (primary N) is 3. The van der Waals surface area contributed by atoms with Gasteiger partial charge in [-0.1, -0.05) is 122 Å².